The molecule has 0 saturated carbocycles. The van der Waals surface area contributed by atoms with Gasteiger partial charge in [0.05, 0.1) is 26.7 Å². The van der Waals surface area contributed by atoms with Crippen molar-refractivity contribution in [3.05, 3.63) is 47.5 Å². The van der Waals surface area contributed by atoms with Gasteiger partial charge in [-0.2, -0.15) is 5.26 Å². The van der Waals surface area contributed by atoms with Gasteiger partial charge in [0.25, 0.3) is 0 Å². The normalized spacial score (nSPS) is 9.90. The van der Waals surface area contributed by atoms with Crippen LogP contribution in [0.25, 0.3) is 11.1 Å². The third-order valence-electron chi connectivity index (χ3n) is 3.33. The molecule has 2 aromatic carbocycles. The fourth-order valence-electron chi connectivity index (χ4n) is 2.19. The van der Waals surface area contributed by atoms with E-state index in [1.807, 2.05) is 37.3 Å². The summed E-state index contributed by atoms with van der Waals surface area (Å²) in [5, 5.41) is 8.79. The average molecular weight is 267 g/mol. The number of hydrogen-bond donors (Lipinski definition) is 0. The second kappa shape index (κ2) is 6.12. The van der Waals surface area contributed by atoms with Gasteiger partial charge in [0, 0.05) is 5.56 Å². The monoisotopic (exact) mass is 267 g/mol. The highest BCUT2D eigenvalue weighted by Crippen LogP contribution is 2.34. The quantitative estimate of drug-likeness (QED) is 0.847. The van der Waals surface area contributed by atoms with E-state index in [2.05, 4.69) is 12.1 Å². The molecular formula is C17H17NO2. The van der Waals surface area contributed by atoms with Crippen LogP contribution in [0.1, 0.15) is 11.1 Å². The summed E-state index contributed by atoms with van der Waals surface area (Å²) in [5.41, 5.74) is 4.20. The zero-order valence-corrected chi connectivity index (χ0v) is 11.9. The molecule has 0 aromatic heterocycles. The van der Waals surface area contributed by atoms with Crippen LogP contribution in [0.2, 0.25) is 0 Å². The van der Waals surface area contributed by atoms with E-state index in [0.717, 1.165) is 33.8 Å². The smallest absolute Gasteiger partial charge is 0.126 e. The summed E-state index contributed by atoms with van der Waals surface area (Å²) in [5.74, 6) is 1.60. The van der Waals surface area contributed by atoms with E-state index in [4.69, 9.17) is 14.7 Å². The molecule has 0 N–H and O–H groups in total. The topological polar surface area (TPSA) is 42.2 Å². The van der Waals surface area contributed by atoms with Crippen LogP contribution in [0.4, 0.5) is 0 Å². The molecule has 3 heteroatoms. The van der Waals surface area contributed by atoms with Crippen molar-refractivity contribution >= 4 is 0 Å². The van der Waals surface area contributed by atoms with Gasteiger partial charge in [-0.05, 0) is 41.8 Å². The predicted molar refractivity (Wildman–Crippen MR) is 79.0 cm³/mol. The van der Waals surface area contributed by atoms with Crippen LogP contribution in [-0.4, -0.2) is 14.2 Å². The molecule has 0 aliphatic carbocycles. The van der Waals surface area contributed by atoms with Crippen molar-refractivity contribution in [2.24, 2.45) is 0 Å². The Hall–Kier alpha value is -2.47. The third-order valence-corrected chi connectivity index (χ3v) is 3.33. The van der Waals surface area contributed by atoms with Gasteiger partial charge in [-0.1, -0.05) is 18.2 Å². The van der Waals surface area contributed by atoms with E-state index in [1.54, 1.807) is 14.2 Å². The molecule has 3 nitrogen and oxygen atoms in total. The Morgan fingerprint density at radius 3 is 2.45 bits per heavy atom. The maximum atomic E-state index is 8.79. The lowest BCUT2D eigenvalue weighted by Gasteiger charge is -2.12. The number of hydrogen-bond acceptors (Lipinski definition) is 3. The van der Waals surface area contributed by atoms with E-state index < -0.39 is 0 Å². The number of nitrogens with zero attached hydrogens (tertiary/aromatic N) is 1. The minimum Gasteiger partial charge on any atom is -0.497 e. The Labute approximate surface area is 119 Å². The lowest BCUT2D eigenvalue weighted by molar-refractivity contribution is 0.404. The van der Waals surface area contributed by atoms with Crippen LogP contribution in [0.15, 0.2) is 36.4 Å². The zero-order valence-electron chi connectivity index (χ0n) is 11.9. The van der Waals surface area contributed by atoms with Gasteiger partial charge >= 0.3 is 0 Å². The first-order valence-corrected chi connectivity index (χ1v) is 6.38. The maximum absolute atomic E-state index is 8.79. The lowest BCUT2D eigenvalue weighted by Crippen LogP contribution is -1.92. The molecule has 20 heavy (non-hydrogen) atoms. The van der Waals surface area contributed by atoms with Crippen molar-refractivity contribution < 1.29 is 9.47 Å². The second-order valence-corrected chi connectivity index (χ2v) is 4.54. The average Bonchev–Trinajstić information content (AvgIpc) is 2.48. The van der Waals surface area contributed by atoms with Crippen LogP contribution in [-0.2, 0) is 6.42 Å². The van der Waals surface area contributed by atoms with Crippen LogP contribution in [0.5, 0.6) is 11.5 Å². The lowest BCUT2D eigenvalue weighted by atomic mass is 9.98. The highest BCUT2D eigenvalue weighted by molar-refractivity contribution is 5.73. The van der Waals surface area contributed by atoms with Crippen LogP contribution >= 0.6 is 0 Å². The van der Waals surface area contributed by atoms with Gasteiger partial charge in [0.1, 0.15) is 11.5 Å². The Bertz CT molecular complexity index is 657. The minimum absolute atomic E-state index is 0.432. The first kappa shape index (κ1) is 14.0. The molecule has 2 aromatic rings. The van der Waals surface area contributed by atoms with E-state index in [0.29, 0.717) is 6.42 Å². The van der Waals surface area contributed by atoms with Gasteiger partial charge in [-0.25, -0.2) is 0 Å². The maximum Gasteiger partial charge on any atom is 0.126 e. The molecule has 0 bridgehead atoms. The van der Waals surface area contributed by atoms with Crippen LogP contribution < -0.4 is 9.47 Å². The molecule has 0 aliphatic rings. The van der Waals surface area contributed by atoms with E-state index in [1.165, 1.54) is 0 Å². The summed E-state index contributed by atoms with van der Waals surface area (Å²) in [6, 6.07) is 14.0. The Kier molecular flexibility index (Phi) is 4.27. The van der Waals surface area contributed by atoms with E-state index in [9.17, 15) is 0 Å². The van der Waals surface area contributed by atoms with Crippen molar-refractivity contribution in [2.45, 2.75) is 13.3 Å². The van der Waals surface area contributed by atoms with Crippen molar-refractivity contribution in [1.29, 1.82) is 5.26 Å². The molecule has 0 aliphatic heterocycles. The molecule has 0 unspecified atom stereocenters. The molecule has 0 amide bonds. The van der Waals surface area contributed by atoms with E-state index >= 15 is 0 Å². The van der Waals surface area contributed by atoms with Crippen molar-refractivity contribution in [3.8, 4) is 28.7 Å². The molecule has 2 rings (SSSR count). The summed E-state index contributed by atoms with van der Waals surface area (Å²) in [6.07, 6.45) is 0.432. The van der Waals surface area contributed by atoms with Gasteiger partial charge in [-0.3, -0.25) is 0 Å². The number of aryl methyl sites for hydroxylation is 1. The van der Waals surface area contributed by atoms with Crippen LogP contribution in [0, 0.1) is 18.3 Å². The second-order valence-electron chi connectivity index (χ2n) is 4.54. The summed E-state index contributed by atoms with van der Waals surface area (Å²) in [4.78, 5) is 0. The predicted octanol–water partition coefficient (Wildman–Crippen LogP) is 3.75. The standard InChI is InChI=1S/C17H17NO2/c1-12-10-14(5-4-13(12)8-9-18)16-11-15(19-2)6-7-17(16)20-3/h4-7,10-11H,8H2,1-3H3. The Balaban J connectivity index is 2.50. The Morgan fingerprint density at radius 1 is 1.05 bits per heavy atom. The third kappa shape index (κ3) is 2.75. The molecule has 0 spiro atoms. The molecule has 0 atom stereocenters. The molecular weight excluding hydrogens is 250 g/mol. The fourth-order valence-corrected chi connectivity index (χ4v) is 2.19. The number of nitriles is 1. The summed E-state index contributed by atoms with van der Waals surface area (Å²) in [6.45, 7) is 2.02. The highest BCUT2D eigenvalue weighted by Gasteiger charge is 2.09. The fraction of sp³-hybridized carbons (Fsp3) is 0.235. The van der Waals surface area contributed by atoms with Crippen molar-refractivity contribution in [1.82, 2.24) is 0 Å². The van der Waals surface area contributed by atoms with Gasteiger partial charge in [0.15, 0.2) is 0 Å². The van der Waals surface area contributed by atoms with Crippen LogP contribution in [0.3, 0.4) is 0 Å². The molecule has 0 fully saturated rings. The number of rotatable bonds is 4. The number of ether oxygens (including phenoxy) is 2. The highest BCUT2D eigenvalue weighted by atomic mass is 16.5. The summed E-state index contributed by atoms with van der Waals surface area (Å²) >= 11 is 0. The molecule has 102 valence electrons. The SMILES string of the molecule is COc1ccc(OC)c(-c2ccc(CC#N)c(C)c2)c1. The van der Waals surface area contributed by atoms with Gasteiger partial charge < -0.3 is 9.47 Å². The molecule has 0 radical (unpaired) electrons. The molecule has 0 heterocycles. The van der Waals surface area contributed by atoms with Crippen molar-refractivity contribution in [2.75, 3.05) is 14.2 Å². The first-order valence-electron chi connectivity index (χ1n) is 6.38. The number of methoxy groups -OCH3 is 2. The summed E-state index contributed by atoms with van der Waals surface area (Å²) in [7, 11) is 3.30. The van der Waals surface area contributed by atoms with Gasteiger partial charge in [0.2, 0.25) is 0 Å². The Morgan fingerprint density at radius 2 is 1.85 bits per heavy atom. The van der Waals surface area contributed by atoms with Crippen molar-refractivity contribution in [3.63, 3.8) is 0 Å². The largest absolute Gasteiger partial charge is 0.497 e. The number of benzene rings is 2. The minimum atomic E-state index is 0.432. The van der Waals surface area contributed by atoms with E-state index in [-0.39, 0.29) is 0 Å². The first-order chi connectivity index (χ1) is 9.69. The summed E-state index contributed by atoms with van der Waals surface area (Å²) < 4.78 is 10.7. The molecule has 0 saturated heterocycles. The zero-order chi connectivity index (χ0) is 14.5. The van der Waals surface area contributed by atoms with Gasteiger partial charge in [-0.15, -0.1) is 0 Å².